The Kier molecular flexibility index (Phi) is 4.08. The number of carboxylic acid groups (broad SMARTS) is 1. The van der Waals surface area contributed by atoms with Crippen molar-refractivity contribution in [2.24, 2.45) is 0 Å². The number of aliphatic hydroxyl groups is 1. The lowest BCUT2D eigenvalue weighted by molar-refractivity contribution is -0.0184. The molecule has 0 aliphatic carbocycles. The van der Waals surface area contributed by atoms with Crippen LogP contribution < -0.4 is 0 Å². The zero-order valence-electron chi connectivity index (χ0n) is 10.2. The van der Waals surface area contributed by atoms with Crippen LogP contribution in [0.15, 0.2) is 18.5 Å². The summed E-state index contributed by atoms with van der Waals surface area (Å²) < 4.78 is 5.18. The van der Waals surface area contributed by atoms with Crippen molar-refractivity contribution in [3.63, 3.8) is 0 Å². The molecule has 2 N–H and O–H groups in total. The van der Waals surface area contributed by atoms with Crippen LogP contribution in [0.2, 0.25) is 0 Å². The number of carbonyl (C=O) groups is 2. The highest BCUT2D eigenvalue weighted by molar-refractivity contribution is 6.04. The highest BCUT2D eigenvalue weighted by Gasteiger charge is 2.29. The van der Waals surface area contributed by atoms with Gasteiger partial charge in [0.2, 0.25) is 0 Å². The molecule has 19 heavy (non-hydrogen) atoms. The Morgan fingerprint density at radius 2 is 2.26 bits per heavy atom. The molecule has 0 saturated carbocycles. The van der Waals surface area contributed by atoms with E-state index in [0.717, 1.165) is 6.20 Å². The summed E-state index contributed by atoms with van der Waals surface area (Å²) in [5.74, 6) is -1.63. The van der Waals surface area contributed by atoms with Crippen LogP contribution in [0.4, 0.5) is 0 Å². The van der Waals surface area contributed by atoms with Crippen LogP contribution in [0.1, 0.15) is 20.7 Å². The summed E-state index contributed by atoms with van der Waals surface area (Å²) in [6, 6.07) is 0.923. The number of pyridine rings is 1. The van der Waals surface area contributed by atoms with Crippen molar-refractivity contribution in [1.29, 1.82) is 0 Å². The minimum atomic E-state index is -1.20. The first-order chi connectivity index (χ1) is 9.15. The van der Waals surface area contributed by atoms with Gasteiger partial charge in [-0.3, -0.25) is 9.78 Å². The Balaban J connectivity index is 2.30. The minimum absolute atomic E-state index is 0.0721. The molecule has 1 fully saturated rings. The molecule has 2 heterocycles. The van der Waals surface area contributed by atoms with Gasteiger partial charge in [0.25, 0.3) is 5.91 Å². The third kappa shape index (κ3) is 2.72. The zero-order valence-corrected chi connectivity index (χ0v) is 10.2. The van der Waals surface area contributed by atoms with Gasteiger partial charge in [-0.05, 0) is 6.07 Å². The zero-order chi connectivity index (χ0) is 13.8. The van der Waals surface area contributed by atoms with E-state index >= 15 is 0 Å². The van der Waals surface area contributed by atoms with Crippen LogP contribution in [0.25, 0.3) is 0 Å². The van der Waals surface area contributed by atoms with Gasteiger partial charge < -0.3 is 19.8 Å². The lowest BCUT2D eigenvalue weighted by Gasteiger charge is -2.34. The predicted octanol–water partition coefficient (Wildman–Crippen LogP) is -0.387. The van der Waals surface area contributed by atoms with Crippen LogP contribution in [-0.2, 0) is 4.74 Å². The minimum Gasteiger partial charge on any atom is -0.478 e. The summed E-state index contributed by atoms with van der Waals surface area (Å²) in [6.45, 7) is 0.718. The third-order valence-corrected chi connectivity index (χ3v) is 2.98. The number of morpholine rings is 1. The van der Waals surface area contributed by atoms with Crippen LogP contribution in [0.5, 0.6) is 0 Å². The number of hydrogen-bond acceptors (Lipinski definition) is 5. The van der Waals surface area contributed by atoms with E-state index in [-0.39, 0.29) is 24.3 Å². The Bertz CT molecular complexity index is 491. The number of rotatable bonds is 3. The Morgan fingerprint density at radius 3 is 2.95 bits per heavy atom. The maximum atomic E-state index is 12.4. The number of amides is 1. The topological polar surface area (TPSA) is 100.0 Å². The number of aromatic nitrogens is 1. The van der Waals surface area contributed by atoms with E-state index < -0.39 is 17.9 Å². The van der Waals surface area contributed by atoms with E-state index in [1.165, 1.54) is 17.2 Å². The molecule has 1 aliphatic rings. The number of hydrogen-bond donors (Lipinski definition) is 2. The Hall–Kier alpha value is -1.99. The van der Waals surface area contributed by atoms with Crippen molar-refractivity contribution in [1.82, 2.24) is 9.88 Å². The Morgan fingerprint density at radius 1 is 1.47 bits per heavy atom. The van der Waals surface area contributed by atoms with E-state index in [1.54, 1.807) is 0 Å². The summed E-state index contributed by atoms with van der Waals surface area (Å²) in [5.41, 5.74) is -0.0708. The molecule has 1 unspecified atom stereocenters. The predicted molar refractivity (Wildman–Crippen MR) is 63.9 cm³/mol. The molecule has 0 aromatic carbocycles. The number of aliphatic hydroxyl groups excluding tert-OH is 1. The molecular formula is C12H14N2O5. The maximum absolute atomic E-state index is 12.4. The van der Waals surface area contributed by atoms with Crippen molar-refractivity contribution in [2.75, 3.05) is 26.4 Å². The molecule has 1 saturated heterocycles. The second-order valence-corrected chi connectivity index (χ2v) is 4.14. The molecule has 1 aliphatic heterocycles. The second-order valence-electron chi connectivity index (χ2n) is 4.14. The lowest BCUT2D eigenvalue weighted by atomic mass is 10.1. The first kappa shape index (κ1) is 13.4. The molecule has 1 aromatic rings. The smallest absolute Gasteiger partial charge is 0.338 e. The summed E-state index contributed by atoms with van der Waals surface area (Å²) in [4.78, 5) is 28.6. The van der Waals surface area contributed by atoms with Gasteiger partial charge >= 0.3 is 5.97 Å². The molecule has 1 aromatic heterocycles. The van der Waals surface area contributed by atoms with E-state index in [4.69, 9.17) is 9.84 Å². The maximum Gasteiger partial charge on any atom is 0.338 e. The monoisotopic (exact) mass is 266 g/mol. The third-order valence-electron chi connectivity index (χ3n) is 2.98. The first-order valence-electron chi connectivity index (χ1n) is 5.82. The largest absolute Gasteiger partial charge is 0.478 e. The summed E-state index contributed by atoms with van der Waals surface area (Å²) in [5, 5.41) is 18.3. The SMILES string of the molecule is O=C(O)c1cnccc1C(=O)N1CCOCC1CO. The fourth-order valence-corrected chi connectivity index (χ4v) is 1.98. The molecule has 1 atom stereocenters. The molecule has 102 valence electrons. The summed E-state index contributed by atoms with van der Waals surface area (Å²) in [7, 11) is 0. The van der Waals surface area contributed by atoms with Gasteiger partial charge in [-0.2, -0.15) is 0 Å². The molecule has 7 heteroatoms. The molecule has 0 radical (unpaired) electrons. The molecule has 1 amide bonds. The van der Waals surface area contributed by atoms with Crippen LogP contribution in [-0.4, -0.2) is 64.4 Å². The van der Waals surface area contributed by atoms with Gasteiger partial charge in [-0.25, -0.2) is 4.79 Å². The average Bonchev–Trinajstić information content (AvgIpc) is 2.46. The normalized spacial score (nSPS) is 19.2. The number of nitrogens with zero attached hydrogens (tertiary/aromatic N) is 2. The number of ether oxygens (including phenoxy) is 1. The molecular weight excluding hydrogens is 252 g/mol. The van der Waals surface area contributed by atoms with Gasteiger partial charge in [-0.1, -0.05) is 0 Å². The van der Waals surface area contributed by atoms with Gasteiger partial charge in [0.1, 0.15) is 0 Å². The van der Waals surface area contributed by atoms with Crippen molar-refractivity contribution < 1.29 is 24.5 Å². The fourth-order valence-electron chi connectivity index (χ4n) is 1.98. The lowest BCUT2D eigenvalue weighted by Crippen LogP contribution is -2.50. The second kappa shape index (κ2) is 5.77. The molecule has 2 rings (SSSR count). The van der Waals surface area contributed by atoms with Crippen molar-refractivity contribution in [2.45, 2.75) is 6.04 Å². The number of carbonyl (C=O) groups excluding carboxylic acids is 1. The van der Waals surface area contributed by atoms with Crippen molar-refractivity contribution >= 4 is 11.9 Å². The highest BCUT2D eigenvalue weighted by Crippen LogP contribution is 2.15. The van der Waals surface area contributed by atoms with Crippen molar-refractivity contribution in [3.8, 4) is 0 Å². The average molecular weight is 266 g/mol. The van der Waals surface area contributed by atoms with Gasteiger partial charge in [0.05, 0.1) is 37.0 Å². The summed E-state index contributed by atoms with van der Waals surface area (Å²) >= 11 is 0. The van der Waals surface area contributed by atoms with Crippen LogP contribution >= 0.6 is 0 Å². The fraction of sp³-hybridized carbons (Fsp3) is 0.417. The first-order valence-corrected chi connectivity index (χ1v) is 5.82. The van der Waals surface area contributed by atoms with Crippen LogP contribution in [0, 0.1) is 0 Å². The standard InChI is InChI=1S/C12H14N2O5/c15-6-8-7-19-4-3-14(8)11(16)9-1-2-13-5-10(9)12(17)18/h1-2,5,8,15H,3-4,6-7H2,(H,17,18). The molecule has 0 spiro atoms. The van der Waals surface area contributed by atoms with Gasteiger partial charge in [0.15, 0.2) is 0 Å². The van der Waals surface area contributed by atoms with Gasteiger partial charge in [-0.15, -0.1) is 0 Å². The Labute approximate surface area is 109 Å². The van der Waals surface area contributed by atoms with E-state index in [0.29, 0.717) is 13.2 Å². The highest BCUT2D eigenvalue weighted by atomic mass is 16.5. The van der Waals surface area contributed by atoms with E-state index in [1.807, 2.05) is 0 Å². The number of aromatic carboxylic acids is 1. The van der Waals surface area contributed by atoms with Crippen LogP contribution in [0.3, 0.4) is 0 Å². The van der Waals surface area contributed by atoms with Crippen molar-refractivity contribution in [3.05, 3.63) is 29.6 Å². The summed E-state index contributed by atoms with van der Waals surface area (Å²) in [6.07, 6.45) is 2.51. The molecule has 0 bridgehead atoms. The van der Waals surface area contributed by atoms with Gasteiger partial charge in [0, 0.05) is 18.9 Å². The quantitative estimate of drug-likeness (QED) is 0.773. The van der Waals surface area contributed by atoms with E-state index in [2.05, 4.69) is 4.98 Å². The van der Waals surface area contributed by atoms with E-state index in [9.17, 15) is 14.7 Å². The molecule has 7 nitrogen and oxygen atoms in total. The number of carboxylic acids is 1.